The van der Waals surface area contributed by atoms with Crippen molar-refractivity contribution in [2.24, 2.45) is 5.16 Å². The number of nitrogen functional groups attached to an aromatic ring is 1. The number of carbonyl (C=O) groups excluding carboxylic acids is 2. The fraction of sp³-hybridized carbons (Fsp3) is 0.312. The van der Waals surface area contributed by atoms with E-state index in [0.29, 0.717) is 17.1 Å². The summed E-state index contributed by atoms with van der Waals surface area (Å²) in [5, 5.41) is 21.1. The highest BCUT2D eigenvalue weighted by Gasteiger charge is 2.54. The largest absolute Gasteiger partial charge is 0.477 e. The van der Waals surface area contributed by atoms with Crippen LogP contribution in [0.15, 0.2) is 32.2 Å². The van der Waals surface area contributed by atoms with E-state index in [0.717, 1.165) is 15.5 Å². The Kier molecular flexibility index (Phi) is 6.63. The van der Waals surface area contributed by atoms with Crippen LogP contribution >= 0.6 is 46.4 Å². The minimum atomic E-state index is -1.19. The van der Waals surface area contributed by atoms with Crippen molar-refractivity contribution in [3.8, 4) is 0 Å². The van der Waals surface area contributed by atoms with Gasteiger partial charge in [-0.3, -0.25) is 14.5 Å². The molecule has 2 atom stereocenters. The van der Waals surface area contributed by atoms with E-state index in [9.17, 15) is 19.5 Å². The summed E-state index contributed by atoms with van der Waals surface area (Å²) >= 11 is 5.14. The number of anilines is 1. The molecule has 2 aromatic heterocycles. The number of carboxylic acid groups (broad SMARTS) is 1. The lowest BCUT2D eigenvalue weighted by Gasteiger charge is -2.49. The molecule has 0 radical (unpaired) electrons. The van der Waals surface area contributed by atoms with Crippen molar-refractivity contribution in [2.75, 3.05) is 24.3 Å². The summed E-state index contributed by atoms with van der Waals surface area (Å²) in [5.74, 6) is -1.57. The van der Waals surface area contributed by atoms with Gasteiger partial charge in [0.1, 0.15) is 34.1 Å². The topological polar surface area (TPSA) is 173 Å². The van der Waals surface area contributed by atoms with E-state index in [1.807, 2.05) is 0 Å². The van der Waals surface area contributed by atoms with E-state index >= 15 is 0 Å². The zero-order valence-electron chi connectivity index (χ0n) is 16.3. The lowest BCUT2D eigenvalue weighted by molar-refractivity contribution is -0.150. The fourth-order valence-electron chi connectivity index (χ4n) is 3.08. The van der Waals surface area contributed by atoms with Crippen LogP contribution in [-0.4, -0.2) is 78.1 Å². The Morgan fingerprint density at radius 3 is 2.94 bits per heavy atom. The number of fused-ring (bicyclic) bond motifs is 1. The number of thioether (sulfide) groups is 2. The highest BCUT2D eigenvalue weighted by molar-refractivity contribution is 8.01. The first-order chi connectivity index (χ1) is 15.4. The molecule has 0 aromatic carbocycles. The van der Waals surface area contributed by atoms with E-state index in [2.05, 4.69) is 25.0 Å². The second kappa shape index (κ2) is 9.43. The van der Waals surface area contributed by atoms with Crippen LogP contribution in [0, 0.1) is 0 Å². The van der Waals surface area contributed by atoms with E-state index < -0.39 is 29.2 Å². The van der Waals surface area contributed by atoms with Crippen LogP contribution in [0.2, 0.25) is 0 Å². The number of carbonyl (C=O) groups is 3. The highest BCUT2D eigenvalue weighted by Crippen LogP contribution is 2.41. The molecule has 0 bridgehead atoms. The lowest BCUT2D eigenvalue weighted by Crippen LogP contribution is -2.71. The minimum absolute atomic E-state index is 0.0488. The molecule has 2 aromatic rings. The lowest BCUT2D eigenvalue weighted by atomic mass is 10.0. The normalized spacial score (nSPS) is 20.6. The number of hydrogen-bond acceptors (Lipinski definition) is 13. The predicted molar refractivity (Wildman–Crippen MR) is 120 cm³/mol. The van der Waals surface area contributed by atoms with Gasteiger partial charge in [-0.05, 0) is 17.1 Å². The maximum absolute atomic E-state index is 12.8. The monoisotopic (exact) mass is 513 g/mol. The SMILES string of the molecule is CO/N=C(\C(=O)N[C@@H]1C(=O)N2C(C(=O)O)=C(CSc3cnns3)CS[C@@H]12)c1csc(N)n1. The average molecular weight is 514 g/mol. The summed E-state index contributed by atoms with van der Waals surface area (Å²) in [4.78, 5) is 47.5. The first kappa shape index (κ1) is 22.5. The molecule has 0 aliphatic carbocycles. The second-order valence-corrected chi connectivity index (χ2v) is 10.4. The molecule has 1 saturated heterocycles. The molecule has 0 saturated carbocycles. The van der Waals surface area contributed by atoms with Gasteiger partial charge in [-0.15, -0.1) is 40.0 Å². The molecule has 2 aliphatic heterocycles. The minimum Gasteiger partial charge on any atom is -0.477 e. The van der Waals surface area contributed by atoms with Gasteiger partial charge in [0, 0.05) is 16.9 Å². The van der Waals surface area contributed by atoms with Crippen LogP contribution in [-0.2, 0) is 19.2 Å². The smallest absolute Gasteiger partial charge is 0.352 e. The average Bonchev–Trinajstić information content (AvgIpc) is 3.45. The zero-order valence-corrected chi connectivity index (χ0v) is 19.5. The number of nitrogens with one attached hydrogen (secondary N) is 1. The maximum Gasteiger partial charge on any atom is 0.352 e. The third-order valence-corrected chi connectivity index (χ3v) is 8.36. The molecule has 4 rings (SSSR count). The van der Waals surface area contributed by atoms with Crippen molar-refractivity contribution in [2.45, 2.75) is 15.6 Å². The molecule has 4 N–H and O–H groups in total. The Bertz CT molecular complexity index is 1120. The van der Waals surface area contributed by atoms with Crippen LogP contribution in [0.4, 0.5) is 5.13 Å². The number of nitrogens with two attached hydrogens (primary N) is 1. The van der Waals surface area contributed by atoms with Crippen LogP contribution < -0.4 is 11.1 Å². The number of β-lactam (4-membered cyclic amide) rings is 1. The molecule has 12 nitrogen and oxygen atoms in total. The van der Waals surface area contributed by atoms with E-state index in [-0.39, 0.29) is 22.2 Å². The summed E-state index contributed by atoms with van der Waals surface area (Å²) in [7, 11) is 1.28. The number of thiazole rings is 1. The molecule has 1 fully saturated rings. The Balaban J connectivity index is 1.49. The summed E-state index contributed by atoms with van der Waals surface area (Å²) in [5.41, 5.74) is 6.28. The highest BCUT2D eigenvalue weighted by atomic mass is 32.2. The van der Waals surface area contributed by atoms with Gasteiger partial charge in [0.05, 0.1) is 6.20 Å². The summed E-state index contributed by atoms with van der Waals surface area (Å²) < 4.78 is 4.63. The van der Waals surface area contributed by atoms with Gasteiger partial charge in [-0.1, -0.05) is 9.64 Å². The summed E-state index contributed by atoms with van der Waals surface area (Å²) in [6, 6.07) is -0.903. The molecule has 2 amide bonds. The number of nitrogens with zero attached hydrogens (tertiary/aromatic N) is 5. The Morgan fingerprint density at radius 1 is 1.50 bits per heavy atom. The maximum atomic E-state index is 12.8. The molecule has 16 heteroatoms. The standard InChI is InChI=1S/C16H15N7O5S4/c1-28-21-9(7-5-31-16(17)19-7)12(24)20-10-13(25)23-11(15(26)27)6(4-30-14(10)23)3-29-8-2-18-22-32-8/h2,5,10,14H,3-4H2,1H3,(H2,17,19)(H,20,24)(H,26,27)/b21-9-/t10-,14+/m1/s1. The molecule has 0 spiro atoms. The molecule has 0 unspecified atom stereocenters. The van der Waals surface area contributed by atoms with Gasteiger partial charge < -0.3 is 21.0 Å². The second-order valence-electron chi connectivity index (χ2n) is 6.34. The Morgan fingerprint density at radius 2 is 2.31 bits per heavy atom. The van der Waals surface area contributed by atoms with Crippen LogP contribution in [0.5, 0.6) is 0 Å². The van der Waals surface area contributed by atoms with Crippen LogP contribution in [0.3, 0.4) is 0 Å². The Hall–Kier alpha value is -2.69. The Labute approximate surface area is 197 Å². The molecule has 2 aliphatic rings. The van der Waals surface area contributed by atoms with Crippen molar-refractivity contribution in [3.05, 3.63) is 28.5 Å². The predicted octanol–water partition coefficient (Wildman–Crippen LogP) is 0.458. The van der Waals surface area contributed by atoms with Gasteiger partial charge in [0.15, 0.2) is 10.8 Å². The van der Waals surface area contributed by atoms with Gasteiger partial charge in [0.2, 0.25) is 0 Å². The number of rotatable bonds is 8. The fourth-order valence-corrected chi connectivity index (χ4v) is 6.53. The number of hydrogen-bond donors (Lipinski definition) is 3. The van der Waals surface area contributed by atoms with Crippen LogP contribution in [0.25, 0.3) is 0 Å². The van der Waals surface area contributed by atoms with Crippen molar-refractivity contribution in [3.63, 3.8) is 0 Å². The number of carboxylic acids is 1. The molecule has 4 heterocycles. The number of aliphatic carboxylic acids is 1. The van der Waals surface area contributed by atoms with Gasteiger partial charge in [-0.2, -0.15) is 0 Å². The quantitative estimate of drug-likeness (QED) is 0.194. The molecule has 32 heavy (non-hydrogen) atoms. The number of amides is 2. The van der Waals surface area contributed by atoms with E-state index in [4.69, 9.17) is 10.6 Å². The van der Waals surface area contributed by atoms with Crippen LogP contribution in [0.1, 0.15) is 5.69 Å². The molecular weight excluding hydrogens is 498 g/mol. The van der Waals surface area contributed by atoms with E-state index in [1.165, 1.54) is 47.1 Å². The zero-order chi connectivity index (χ0) is 22.8. The van der Waals surface area contributed by atoms with Crippen molar-refractivity contribution in [1.29, 1.82) is 0 Å². The van der Waals surface area contributed by atoms with Gasteiger partial charge in [-0.25, -0.2) is 9.78 Å². The van der Waals surface area contributed by atoms with Gasteiger partial charge >= 0.3 is 5.97 Å². The molecule has 168 valence electrons. The van der Waals surface area contributed by atoms with Gasteiger partial charge in [0.25, 0.3) is 11.8 Å². The third-order valence-electron chi connectivity index (χ3n) is 4.43. The molecular formula is C16H15N7O5S4. The first-order valence-corrected chi connectivity index (χ1v) is 12.5. The number of oxime groups is 1. The third kappa shape index (κ3) is 4.30. The summed E-state index contributed by atoms with van der Waals surface area (Å²) in [6.07, 6.45) is 1.60. The summed E-state index contributed by atoms with van der Waals surface area (Å²) in [6.45, 7) is 0. The number of aromatic nitrogens is 3. The van der Waals surface area contributed by atoms with Crippen molar-refractivity contribution < 1.29 is 24.3 Å². The first-order valence-electron chi connectivity index (χ1n) is 8.84. The van der Waals surface area contributed by atoms with Crippen molar-refractivity contribution >= 4 is 75.0 Å². The van der Waals surface area contributed by atoms with Crippen molar-refractivity contribution in [1.82, 2.24) is 24.8 Å². The van der Waals surface area contributed by atoms with E-state index in [1.54, 1.807) is 11.6 Å².